The Hall–Kier alpha value is -1.88. The Labute approximate surface area is 119 Å². The van der Waals surface area contributed by atoms with E-state index in [1.165, 1.54) is 5.56 Å². The van der Waals surface area contributed by atoms with Crippen LogP contribution in [0.3, 0.4) is 0 Å². The molecule has 1 aromatic rings. The van der Waals surface area contributed by atoms with Crippen molar-refractivity contribution in [3.8, 4) is 0 Å². The van der Waals surface area contributed by atoms with Crippen molar-refractivity contribution in [3.63, 3.8) is 0 Å². The van der Waals surface area contributed by atoms with Gasteiger partial charge >= 0.3 is 0 Å². The third kappa shape index (κ3) is 5.52. The Bertz CT molecular complexity index is 468. The maximum Gasteiger partial charge on any atom is 0.269 e. The highest BCUT2D eigenvalue weighted by atomic mass is 32.1. The summed E-state index contributed by atoms with van der Waals surface area (Å²) in [6.45, 7) is 8.29. The number of nitrogens with one attached hydrogen (secondary N) is 3. The van der Waals surface area contributed by atoms with Crippen LogP contribution in [0.5, 0.6) is 0 Å². The van der Waals surface area contributed by atoms with Gasteiger partial charge in [-0.05, 0) is 43.3 Å². The molecule has 3 N–H and O–H groups in total. The predicted molar refractivity (Wildman–Crippen MR) is 81.8 cm³/mol. The van der Waals surface area contributed by atoms with E-state index in [-0.39, 0.29) is 5.91 Å². The second-order valence-electron chi connectivity index (χ2n) is 4.27. The molecule has 19 heavy (non-hydrogen) atoms. The normalized spacial score (nSPS) is 9.58. The molecule has 0 bridgehead atoms. The van der Waals surface area contributed by atoms with Crippen molar-refractivity contribution in [3.05, 3.63) is 47.5 Å². The molecule has 4 nitrogen and oxygen atoms in total. The van der Waals surface area contributed by atoms with Crippen molar-refractivity contribution < 1.29 is 4.79 Å². The molecule has 0 spiro atoms. The maximum absolute atomic E-state index is 11.8. The molecule has 0 unspecified atom stereocenters. The van der Waals surface area contributed by atoms with Crippen LogP contribution in [-0.4, -0.2) is 17.6 Å². The van der Waals surface area contributed by atoms with Crippen molar-refractivity contribution in [2.45, 2.75) is 20.3 Å². The lowest BCUT2D eigenvalue weighted by Gasteiger charge is -2.11. The number of hydrazine groups is 1. The van der Waals surface area contributed by atoms with Crippen LogP contribution in [-0.2, 0) is 6.42 Å². The van der Waals surface area contributed by atoms with Gasteiger partial charge in [0.05, 0.1) is 0 Å². The summed E-state index contributed by atoms with van der Waals surface area (Å²) in [5, 5.41) is 3.28. The number of hydrogen-bond acceptors (Lipinski definition) is 2. The average Bonchev–Trinajstić information content (AvgIpc) is 2.42. The quantitative estimate of drug-likeness (QED) is 0.447. The zero-order valence-corrected chi connectivity index (χ0v) is 12.1. The van der Waals surface area contributed by atoms with Crippen molar-refractivity contribution in [2.75, 3.05) is 6.54 Å². The molecule has 0 fully saturated rings. The van der Waals surface area contributed by atoms with E-state index >= 15 is 0 Å². The molecule has 1 aromatic carbocycles. The van der Waals surface area contributed by atoms with E-state index in [2.05, 4.69) is 29.7 Å². The molecule has 0 aliphatic heterocycles. The molecule has 102 valence electrons. The topological polar surface area (TPSA) is 53.2 Å². The van der Waals surface area contributed by atoms with Crippen LogP contribution >= 0.6 is 12.2 Å². The standard InChI is InChI=1S/C14H19N3OS/c1-4-11-5-7-12(8-6-11)13(18)16-17-14(19)15-9-10(2)3/h5-8H,2,4,9H2,1,3H3,(H,16,18)(H2,15,17,19). The number of carbonyl (C=O) groups is 1. The third-order valence-electron chi connectivity index (χ3n) is 2.46. The van der Waals surface area contributed by atoms with E-state index in [0.717, 1.165) is 12.0 Å². The largest absolute Gasteiger partial charge is 0.358 e. The Morgan fingerprint density at radius 1 is 1.26 bits per heavy atom. The van der Waals surface area contributed by atoms with Crippen LogP contribution in [0.15, 0.2) is 36.4 Å². The summed E-state index contributed by atoms with van der Waals surface area (Å²) in [6, 6.07) is 7.46. The second kappa shape index (κ2) is 7.53. The van der Waals surface area contributed by atoms with E-state index in [1.807, 2.05) is 19.1 Å². The Morgan fingerprint density at radius 3 is 2.42 bits per heavy atom. The first-order valence-electron chi connectivity index (χ1n) is 6.10. The molecular formula is C14H19N3OS. The van der Waals surface area contributed by atoms with Crippen LogP contribution in [0.1, 0.15) is 29.8 Å². The zero-order chi connectivity index (χ0) is 14.3. The highest BCUT2D eigenvalue weighted by Crippen LogP contribution is 2.04. The van der Waals surface area contributed by atoms with Crippen LogP contribution < -0.4 is 16.2 Å². The van der Waals surface area contributed by atoms with Gasteiger partial charge in [0.1, 0.15) is 0 Å². The van der Waals surface area contributed by atoms with Crippen molar-refractivity contribution in [1.82, 2.24) is 16.2 Å². The lowest BCUT2D eigenvalue weighted by Crippen LogP contribution is -2.47. The highest BCUT2D eigenvalue weighted by molar-refractivity contribution is 7.80. The highest BCUT2D eigenvalue weighted by Gasteiger charge is 2.05. The third-order valence-corrected chi connectivity index (χ3v) is 2.71. The summed E-state index contributed by atoms with van der Waals surface area (Å²) < 4.78 is 0. The lowest BCUT2D eigenvalue weighted by atomic mass is 10.1. The monoisotopic (exact) mass is 277 g/mol. The molecule has 0 aromatic heterocycles. The first-order chi connectivity index (χ1) is 9.02. The van der Waals surface area contributed by atoms with Gasteiger partial charge in [-0.25, -0.2) is 0 Å². The fraction of sp³-hybridized carbons (Fsp3) is 0.286. The summed E-state index contributed by atoms with van der Waals surface area (Å²) in [7, 11) is 0. The minimum atomic E-state index is -0.220. The summed E-state index contributed by atoms with van der Waals surface area (Å²) in [4.78, 5) is 11.8. The molecule has 1 amide bonds. The van der Waals surface area contributed by atoms with Gasteiger partial charge < -0.3 is 5.32 Å². The van der Waals surface area contributed by atoms with Crippen molar-refractivity contribution >= 4 is 23.2 Å². The Balaban J connectivity index is 2.42. The van der Waals surface area contributed by atoms with Crippen LogP contribution in [0, 0.1) is 0 Å². The smallest absolute Gasteiger partial charge is 0.269 e. The van der Waals surface area contributed by atoms with Crippen LogP contribution in [0.25, 0.3) is 0 Å². The van der Waals surface area contributed by atoms with E-state index in [0.29, 0.717) is 17.2 Å². The fourth-order valence-corrected chi connectivity index (χ4v) is 1.48. The van der Waals surface area contributed by atoms with Crippen LogP contribution in [0.4, 0.5) is 0 Å². The van der Waals surface area contributed by atoms with E-state index in [1.54, 1.807) is 12.1 Å². The second-order valence-corrected chi connectivity index (χ2v) is 4.68. The number of benzene rings is 1. The SMILES string of the molecule is C=C(C)CNC(=S)NNC(=O)c1ccc(CC)cc1. The van der Waals surface area contributed by atoms with Gasteiger partial charge in [0, 0.05) is 12.1 Å². The van der Waals surface area contributed by atoms with E-state index < -0.39 is 0 Å². The number of rotatable bonds is 4. The molecule has 0 aliphatic carbocycles. The van der Waals surface area contributed by atoms with Gasteiger partial charge in [0.25, 0.3) is 5.91 Å². The summed E-state index contributed by atoms with van der Waals surface area (Å²) in [6.07, 6.45) is 0.953. The Kier molecular flexibility index (Phi) is 6.02. The molecule has 0 atom stereocenters. The minimum Gasteiger partial charge on any atom is -0.358 e. The van der Waals surface area contributed by atoms with E-state index in [9.17, 15) is 4.79 Å². The summed E-state index contributed by atoms with van der Waals surface area (Å²) in [5.74, 6) is -0.220. The zero-order valence-electron chi connectivity index (χ0n) is 11.2. The summed E-state index contributed by atoms with van der Waals surface area (Å²) >= 11 is 5.00. The molecule has 5 heteroatoms. The van der Waals surface area contributed by atoms with Gasteiger partial charge in [0.15, 0.2) is 5.11 Å². The lowest BCUT2D eigenvalue weighted by molar-refractivity contribution is 0.0943. The van der Waals surface area contributed by atoms with Gasteiger partial charge in [-0.1, -0.05) is 31.2 Å². The molecular weight excluding hydrogens is 258 g/mol. The van der Waals surface area contributed by atoms with Gasteiger partial charge in [0.2, 0.25) is 0 Å². The number of amides is 1. The number of thiocarbonyl (C=S) groups is 1. The van der Waals surface area contributed by atoms with Gasteiger partial charge in [-0.15, -0.1) is 0 Å². The first-order valence-corrected chi connectivity index (χ1v) is 6.51. The molecule has 0 saturated carbocycles. The first kappa shape index (κ1) is 15.2. The fourth-order valence-electron chi connectivity index (χ4n) is 1.35. The number of carbonyl (C=O) groups excluding carboxylic acids is 1. The molecule has 0 aliphatic rings. The van der Waals surface area contributed by atoms with Gasteiger partial charge in [-0.2, -0.15) is 0 Å². The minimum absolute atomic E-state index is 0.220. The van der Waals surface area contributed by atoms with Crippen LogP contribution in [0.2, 0.25) is 0 Å². The Morgan fingerprint density at radius 2 is 1.89 bits per heavy atom. The molecule has 1 rings (SSSR count). The van der Waals surface area contributed by atoms with E-state index in [4.69, 9.17) is 12.2 Å². The molecule has 0 saturated heterocycles. The van der Waals surface area contributed by atoms with Gasteiger partial charge in [-0.3, -0.25) is 15.6 Å². The number of aryl methyl sites for hydroxylation is 1. The average molecular weight is 277 g/mol. The van der Waals surface area contributed by atoms with Crippen molar-refractivity contribution in [2.24, 2.45) is 0 Å². The molecule has 0 heterocycles. The number of hydrogen-bond donors (Lipinski definition) is 3. The van der Waals surface area contributed by atoms with Crippen molar-refractivity contribution in [1.29, 1.82) is 0 Å². The maximum atomic E-state index is 11.8. The summed E-state index contributed by atoms with van der Waals surface area (Å²) in [5.41, 5.74) is 7.93. The molecule has 0 radical (unpaired) electrons. The predicted octanol–water partition coefficient (Wildman–Crippen LogP) is 1.93.